The van der Waals surface area contributed by atoms with Crippen LogP contribution in [0.2, 0.25) is 0 Å². The molecule has 0 unspecified atom stereocenters. The van der Waals surface area contributed by atoms with Crippen molar-refractivity contribution in [3.63, 3.8) is 0 Å². The number of halogens is 1. The predicted molar refractivity (Wildman–Crippen MR) is 61.4 cm³/mol. The lowest BCUT2D eigenvalue weighted by molar-refractivity contribution is 0.620. The molecule has 0 aliphatic heterocycles. The van der Waals surface area contributed by atoms with Crippen molar-refractivity contribution in [2.24, 2.45) is 11.8 Å². The molecule has 0 spiro atoms. The average Bonchev–Trinajstić information content (AvgIpc) is 1.96. The molecular formula is C10H22ClP. The van der Waals surface area contributed by atoms with E-state index < -0.39 is 0 Å². The van der Waals surface area contributed by atoms with Crippen molar-refractivity contribution in [1.29, 1.82) is 0 Å². The zero-order valence-electron chi connectivity index (χ0n) is 8.81. The van der Waals surface area contributed by atoms with Gasteiger partial charge in [0.05, 0.1) is 0 Å². The van der Waals surface area contributed by atoms with Crippen molar-refractivity contribution in [1.82, 2.24) is 0 Å². The molecular weight excluding hydrogens is 187 g/mol. The second kappa shape index (κ2) is 7.15. The Morgan fingerprint density at radius 1 is 0.917 bits per heavy atom. The second-order valence-electron chi connectivity index (χ2n) is 4.27. The first-order valence-electron chi connectivity index (χ1n) is 4.93. The van der Waals surface area contributed by atoms with Gasteiger partial charge in [0.1, 0.15) is 0 Å². The van der Waals surface area contributed by atoms with Gasteiger partial charge in [-0.3, -0.25) is 0 Å². The van der Waals surface area contributed by atoms with Gasteiger partial charge in [0, 0.05) is 0 Å². The summed E-state index contributed by atoms with van der Waals surface area (Å²) in [6.45, 7) is 9.07. The van der Waals surface area contributed by atoms with E-state index in [0.29, 0.717) is 0 Å². The highest BCUT2D eigenvalue weighted by Crippen LogP contribution is 2.43. The molecule has 0 aliphatic carbocycles. The van der Waals surface area contributed by atoms with Gasteiger partial charge in [0.15, 0.2) is 0 Å². The largest absolute Gasteiger partial charge is 0.0964 e. The molecule has 0 saturated carbocycles. The molecule has 0 radical (unpaired) electrons. The Morgan fingerprint density at radius 2 is 1.25 bits per heavy atom. The summed E-state index contributed by atoms with van der Waals surface area (Å²) >= 11 is 6.23. The number of rotatable bonds is 6. The standard InChI is InChI=1S/C10H22ClP/c1-9(2)5-7-12(11)8-6-10(3)4/h9-10H,5-8H2,1-4H3. The SMILES string of the molecule is CC(C)CCP(Cl)CCC(C)C. The van der Waals surface area contributed by atoms with Crippen LogP contribution in [0.15, 0.2) is 0 Å². The van der Waals surface area contributed by atoms with Crippen LogP contribution in [0.1, 0.15) is 40.5 Å². The van der Waals surface area contributed by atoms with E-state index in [4.69, 9.17) is 11.2 Å². The highest BCUT2D eigenvalue weighted by Gasteiger charge is 2.06. The van der Waals surface area contributed by atoms with Gasteiger partial charge in [-0.15, -0.1) is 0 Å². The van der Waals surface area contributed by atoms with Crippen LogP contribution < -0.4 is 0 Å². The Hall–Kier alpha value is 0.720. The summed E-state index contributed by atoms with van der Waals surface area (Å²) in [6, 6.07) is 0. The van der Waals surface area contributed by atoms with Gasteiger partial charge in [0.25, 0.3) is 0 Å². The maximum atomic E-state index is 6.23. The van der Waals surface area contributed by atoms with Crippen molar-refractivity contribution in [3.8, 4) is 0 Å². The Morgan fingerprint density at radius 3 is 1.50 bits per heavy atom. The lowest BCUT2D eigenvalue weighted by Crippen LogP contribution is -1.95. The topological polar surface area (TPSA) is 0 Å². The maximum absolute atomic E-state index is 6.23. The summed E-state index contributed by atoms with van der Waals surface area (Å²) in [7, 11) is -0.173. The zero-order valence-corrected chi connectivity index (χ0v) is 10.5. The molecule has 12 heavy (non-hydrogen) atoms. The van der Waals surface area contributed by atoms with E-state index in [2.05, 4.69) is 27.7 Å². The quantitative estimate of drug-likeness (QED) is 0.555. The zero-order chi connectivity index (χ0) is 9.56. The Kier molecular flexibility index (Phi) is 7.58. The van der Waals surface area contributed by atoms with Gasteiger partial charge in [0.2, 0.25) is 0 Å². The van der Waals surface area contributed by atoms with Gasteiger partial charge in [-0.1, -0.05) is 38.9 Å². The van der Waals surface area contributed by atoms with Crippen LogP contribution in [0.4, 0.5) is 0 Å². The fourth-order valence-corrected chi connectivity index (χ4v) is 3.31. The minimum absolute atomic E-state index is 0.173. The maximum Gasteiger partial charge on any atom is -0.00971 e. The molecule has 0 fully saturated rings. The first kappa shape index (κ1) is 12.7. The molecule has 0 N–H and O–H groups in total. The lowest BCUT2D eigenvalue weighted by Gasteiger charge is -2.12. The van der Waals surface area contributed by atoms with E-state index in [1.807, 2.05) is 0 Å². The molecule has 0 nitrogen and oxygen atoms in total. The van der Waals surface area contributed by atoms with Crippen LogP contribution in [0.25, 0.3) is 0 Å². The van der Waals surface area contributed by atoms with E-state index in [1.54, 1.807) is 0 Å². The highest BCUT2D eigenvalue weighted by molar-refractivity contribution is 7.83. The summed E-state index contributed by atoms with van der Waals surface area (Å²) < 4.78 is 0. The molecule has 0 amide bonds. The molecule has 0 saturated heterocycles. The number of hydrogen-bond donors (Lipinski definition) is 0. The molecule has 0 bridgehead atoms. The molecule has 0 aliphatic rings. The van der Waals surface area contributed by atoms with Crippen LogP contribution in [0.3, 0.4) is 0 Å². The molecule has 0 rings (SSSR count). The molecule has 74 valence electrons. The van der Waals surface area contributed by atoms with Gasteiger partial charge in [-0.2, -0.15) is 0 Å². The minimum Gasteiger partial charge on any atom is -0.0964 e. The Bertz CT molecular complexity index is 90.0. The normalized spacial score (nSPS) is 12.0. The molecule has 0 aromatic carbocycles. The third-order valence-corrected chi connectivity index (χ3v) is 4.40. The van der Waals surface area contributed by atoms with Crippen LogP contribution in [-0.2, 0) is 0 Å². The molecule has 0 atom stereocenters. The van der Waals surface area contributed by atoms with Gasteiger partial charge < -0.3 is 0 Å². The van der Waals surface area contributed by atoms with Crippen molar-refractivity contribution in [2.45, 2.75) is 40.5 Å². The minimum atomic E-state index is -0.173. The lowest BCUT2D eigenvalue weighted by atomic mass is 10.2. The van der Waals surface area contributed by atoms with E-state index >= 15 is 0 Å². The van der Waals surface area contributed by atoms with Crippen molar-refractivity contribution in [2.75, 3.05) is 12.3 Å². The highest BCUT2D eigenvalue weighted by atomic mass is 35.7. The summed E-state index contributed by atoms with van der Waals surface area (Å²) in [5.41, 5.74) is 0. The summed E-state index contributed by atoms with van der Waals surface area (Å²) in [4.78, 5) is 0. The fraction of sp³-hybridized carbons (Fsp3) is 1.00. The second-order valence-corrected chi connectivity index (χ2v) is 7.53. The average molecular weight is 209 g/mol. The molecule has 2 heteroatoms. The molecule has 0 aromatic heterocycles. The summed E-state index contributed by atoms with van der Waals surface area (Å²) in [5.74, 6) is 1.63. The Balaban J connectivity index is 3.27. The van der Waals surface area contributed by atoms with Crippen molar-refractivity contribution < 1.29 is 0 Å². The summed E-state index contributed by atoms with van der Waals surface area (Å²) in [6.07, 6.45) is 5.10. The third kappa shape index (κ3) is 8.81. The van der Waals surface area contributed by atoms with Crippen LogP contribution in [0.5, 0.6) is 0 Å². The van der Waals surface area contributed by atoms with E-state index in [9.17, 15) is 0 Å². The fourth-order valence-electron chi connectivity index (χ4n) is 0.908. The Labute approximate surface area is 83.6 Å². The van der Waals surface area contributed by atoms with Crippen LogP contribution in [0, 0.1) is 11.8 Å². The first-order valence-corrected chi connectivity index (χ1v) is 7.54. The van der Waals surface area contributed by atoms with Gasteiger partial charge in [-0.25, -0.2) is 0 Å². The van der Waals surface area contributed by atoms with Gasteiger partial charge in [-0.05, 0) is 44.3 Å². The third-order valence-electron chi connectivity index (χ3n) is 1.90. The monoisotopic (exact) mass is 208 g/mol. The van der Waals surface area contributed by atoms with E-state index in [1.165, 1.54) is 25.2 Å². The number of hydrogen-bond acceptors (Lipinski definition) is 0. The van der Waals surface area contributed by atoms with Crippen molar-refractivity contribution >= 4 is 18.5 Å². The smallest absolute Gasteiger partial charge is 0.00971 e. The van der Waals surface area contributed by atoms with Crippen LogP contribution in [-0.4, -0.2) is 12.3 Å². The van der Waals surface area contributed by atoms with Crippen molar-refractivity contribution in [3.05, 3.63) is 0 Å². The molecule has 0 aromatic rings. The predicted octanol–water partition coefficient (Wildman–Crippen LogP) is 4.71. The molecule has 0 heterocycles. The van der Waals surface area contributed by atoms with E-state index in [-0.39, 0.29) is 7.27 Å². The van der Waals surface area contributed by atoms with Gasteiger partial charge >= 0.3 is 0 Å². The first-order chi connectivity index (χ1) is 5.52. The summed E-state index contributed by atoms with van der Waals surface area (Å²) in [5, 5.41) is 0. The van der Waals surface area contributed by atoms with Crippen LogP contribution >= 0.6 is 18.5 Å². The van der Waals surface area contributed by atoms with E-state index in [0.717, 1.165) is 11.8 Å².